The maximum absolute atomic E-state index is 12.6. The molecule has 1 aromatic carbocycles. The number of anilines is 1. The molecular formula is C20H22Cl2N4O. The largest absolute Gasteiger partial charge is 0.332 e. The summed E-state index contributed by atoms with van der Waals surface area (Å²) in [5.41, 5.74) is 2.82. The van der Waals surface area contributed by atoms with Gasteiger partial charge in [0.15, 0.2) is 0 Å². The highest BCUT2D eigenvalue weighted by Crippen LogP contribution is 2.30. The highest BCUT2D eigenvalue weighted by atomic mass is 35.5. The van der Waals surface area contributed by atoms with Crippen molar-refractivity contribution in [3.8, 4) is 0 Å². The molecule has 0 fully saturated rings. The molecule has 0 aliphatic rings. The zero-order valence-corrected chi connectivity index (χ0v) is 17.1. The number of nitrogens with one attached hydrogen (secondary N) is 1. The third-order valence-corrected chi connectivity index (χ3v) is 5.01. The van der Waals surface area contributed by atoms with E-state index in [4.69, 9.17) is 23.2 Å². The van der Waals surface area contributed by atoms with Gasteiger partial charge >= 0.3 is 0 Å². The second-order valence-corrected chi connectivity index (χ2v) is 7.62. The van der Waals surface area contributed by atoms with Gasteiger partial charge < -0.3 is 14.8 Å². The van der Waals surface area contributed by atoms with Gasteiger partial charge in [-0.3, -0.25) is 4.79 Å². The van der Waals surface area contributed by atoms with Crippen molar-refractivity contribution in [1.29, 1.82) is 0 Å². The molecule has 0 aliphatic carbocycles. The average molecular weight is 405 g/mol. The number of aryl methyl sites for hydroxylation is 2. The minimum absolute atomic E-state index is 0.295. The maximum atomic E-state index is 12.6. The summed E-state index contributed by atoms with van der Waals surface area (Å²) < 4.78 is 2.10. The maximum Gasteiger partial charge on any atom is 0.258 e. The van der Waals surface area contributed by atoms with E-state index in [0.717, 1.165) is 36.1 Å². The van der Waals surface area contributed by atoms with Crippen LogP contribution in [0.3, 0.4) is 0 Å². The predicted molar refractivity (Wildman–Crippen MR) is 112 cm³/mol. The van der Waals surface area contributed by atoms with Gasteiger partial charge in [-0.2, -0.15) is 0 Å². The molecule has 27 heavy (non-hydrogen) atoms. The molecule has 3 aromatic rings. The first-order chi connectivity index (χ1) is 12.9. The second kappa shape index (κ2) is 8.30. The van der Waals surface area contributed by atoms with E-state index in [2.05, 4.69) is 33.9 Å². The van der Waals surface area contributed by atoms with Crippen molar-refractivity contribution in [2.24, 2.45) is 0 Å². The number of carbonyl (C=O) groups excluding carboxylic acids is 1. The van der Waals surface area contributed by atoms with Gasteiger partial charge in [-0.15, -0.1) is 0 Å². The summed E-state index contributed by atoms with van der Waals surface area (Å²) in [5, 5.41) is 4.69. The van der Waals surface area contributed by atoms with Crippen molar-refractivity contribution in [2.45, 2.75) is 19.9 Å². The summed E-state index contributed by atoms with van der Waals surface area (Å²) in [6, 6.07) is 6.93. The number of carbonyl (C=O) groups is 1. The third-order valence-electron chi connectivity index (χ3n) is 4.36. The molecular weight excluding hydrogens is 383 g/mol. The van der Waals surface area contributed by atoms with Crippen molar-refractivity contribution in [3.63, 3.8) is 0 Å². The summed E-state index contributed by atoms with van der Waals surface area (Å²) in [6.07, 6.45) is 4.59. The van der Waals surface area contributed by atoms with E-state index in [1.807, 2.05) is 13.1 Å². The average Bonchev–Trinajstić information content (AvgIpc) is 2.93. The van der Waals surface area contributed by atoms with Crippen LogP contribution in [0.25, 0.3) is 11.0 Å². The lowest BCUT2D eigenvalue weighted by Crippen LogP contribution is -2.15. The summed E-state index contributed by atoms with van der Waals surface area (Å²) in [6.45, 7) is 3.83. The topological polar surface area (TPSA) is 50.2 Å². The van der Waals surface area contributed by atoms with E-state index in [0.29, 0.717) is 21.3 Å². The molecule has 2 aromatic heterocycles. The Morgan fingerprint density at radius 3 is 2.59 bits per heavy atom. The van der Waals surface area contributed by atoms with Crippen LogP contribution in [0, 0.1) is 6.92 Å². The number of rotatable bonds is 6. The molecule has 0 unspecified atom stereocenters. The first kappa shape index (κ1) is 19.7. The molecule has 0 atom stereocenters. The Balaban J connectivity index is 1.87. The molecule has 0 saturated carbocycles. The van der Waals surface area contributed by atoms with Gasteiger partial charge in [-0.05, 0) is 63.8 Å². The van der Waals surface area contributed by atoms with E-state index < -0.39 is 0 Å². The van der Waals surface area contributed by atoms with Crippen LogP contribution < -0.4 is 5.32 Å². The lowest BCUT2D eigenvalue weighted by Gasteiger charge is -2.11. The first-order valence-corrected chi connectivity index (χ1v) is 9.48. The highest BCUT2D eigenvalue weighted by Gasteiger charge is 2.18. The summed E-state index contributed by atoms with van der Waals surface area (Å²) >= 11 is 12.5. The normalized spacial score (nSPS) is 11.3. The van der Waals surface area contributed by atoms with Crippen LogP contribution in [0.1, 0.15) is 22.3 Å². The fraction of sp³-hybridized carbons (Fsp3) is 0.300. The molecule has 2 heterocycles. The van der Waals surface area contributed by atoms with Crippen LogP contribution in [0.4, 0.5) is 5.69 Å². The van der Waals surface area contributed by atoms with Gasteiger partial charge in [0.25, 0.3) is 5.91 Å². The number of benzene rings is 1. The van der Waals surface area contributed by atoms with Crippen molar-refractivity contribution in [2.75, 3.05) is 26.0 Å². The fourth-order valence-electron chi connectivity index (χ4n) is 3.02. The summed E-state index contributed by atoms with van der Waals surface area (Å²) in [4.78, 5) is 19.3. The van der Waals surface area contributed by atoms with Crippen molar-refractivity contribution < 1.29 is 4.79 Å². The van der Waals surface area contributed by atoms with Crippen LogP contribution >= 0.6 is 23.2 Å². The molecule has 0 bridgehead atoms. The van der Waals surface area contributed by atoms with E-state index in [1.165, 1.54) is 6.20 Å². The summed E-state index contributed by atoms with van der Waals surface area (Å²) in [5.74, 6) is -0.295. The first-order valence-electron chi connectivity index (χ1n) is 8.72. The molecule has 5 nitrogen and oxygen atoms in total. The van der Waals surface area contributed by atoms with Crippen LogP contribution in [-0.4, -0.2) is 41.0 Å². The van der Waals surface area contributed by atoms with Crippen molar-refractivity contribution >= 4 is 45.8 Å². The number of hydrogen-bond donors (Lipinski definition) is 1. The Bertz CT molecular complexity index is 964. The number of amides is 1. The number of fused-ring (bicyclic) bond motifs is 1. The highest BCUT2D eigenvalue weighted by molar-refractivity contribution is 6.39. The molecule has 7 heteroatoms. The zero-order chi connectivity index (χ0) is 19.6. The quantitative estimate of drug-likeness (QED) is 0.638. The van der Waals surface area contributed by atoms with E-state index in [-0.39, 0.29) is 5.91 Å². The number of aromatic nitrogens is 2. The molecule has 0 aliphatic heterocycles. The van der Waals surface area contributed by atoms with Gasteiger partial charge in [0, 0.05) is 35.0 Å². The third kappa shape index (κ3) is 4.43. The van der Waals surface area contributed by atoms with Crippen LogP contribution in [0.5, 0.6) is 0 Å². The second-order valence-electron chi connectivity index (χ2n) is 6.81. The fourth-order valence-corrected chi connectivity index (χ4v) is 3.52. The van der Waals surface area contributed by atoms with E-state index in [9.17, 15) is 4.79 Å². The van der Waals surface area contributed by atoms with Gasteiger partial charge in [-0.25, -0.2) is 4.98 Å². The molecule has 0 radical (unpaired) electrons. The number of nitrogens with zero attached hydrogens (tertiary/aromatic N) is 3. The Morgan fingerprint density at radius 2 is 1.93 bits per heavy atom. The molecule has 3 rings (SSSR count). The van der Waals surface area contributed by atoms with Gasteiger partial charge in [0.05, 0.1) is 10.6 Å². The van der Waals surface area contributed by atoms with E-state index >= 15 is 0 Å². The van der Waals surface area contributed by atoms with Crippen LogP contribution in [-0.2, 0) is 6.54 Å². The minimum atomic E-state index is -0.295. The van der Waals surface area contributed by atoms with Gasteiger partial charge in [0.2, 0.25) is 0 Å². The lowest BCUT2D eigenvalue weighted by atomic mass is 10.1. The van der Waals surface area contributed by atoms with Crippen LogP contribution in [0.2, 0.25) is 10.0 Å². The van der Waals surface area contributed by atoms with Crippen LogP contribution in [0.15, 0.2) is 36.7 Å². The number of hydrogen-bond acceptors (Lipinski definition) is 3. The van der Waals surface area contributed by atoms with Gasteiger partial charge in [-0.1, -0.05) is 23.2 Å². The summed E-state index contributed by atoms with van der Waals surface area (Å²) in [7, 11) is 4.11. The molecule has 1 amide bonds. The predicted octanol–water partition coefficient (Wildman–Crippen LogP) is 4.86. The molecule has 0 spiro atoms. The number of halogens is 2. The lowest BCUT2D eigenvalue weighted by molar-refractivity contribution is 0.102. The Labute approximate surface area is 168 Å². The zero-order valence-electron chi connectivity index (χ0n) is 15.6. The smallest absolute Gasteiger partial charge is 0.258 e. The Kier molecular flexibility index (Phi) is 6.05. The monoisotopic (exact) mass is 404 g/mol. The Hall–Kier alpha value is -2.08. The Morgan fingerprint density at radius 1 is 1.22 bits per heavy atom. The molecule has 0 saturated heterocycles. The van der Waals surface area contributed by atoms with Crippen molar-refractivity contribution in [1.82, 2.24) is 14.5 Å². The van der Waals surface area contributed by atoms with E-state index in [1.54, 1.807) is 24.3 Å². The molecule has 142 valence electrons. The minimum Gasteiger partial charge on any atom is -0.332 e. The number of pyridine rings is 1. The van der Waals surface area contributed by atoms with Crippen molar-refractivity contribution in [3.05, 3.63) is 57.8 Å². The standard InChI is InChI=1S/C20H22Cl2N4O/c1-13-12-26(10-4-9-25(2)3)19-17(13)18(22)16(11-23-19)20(27)24-15-7-5-14(21)6-8-15/h5-8,11-12H,4,9-10H2,1-3H3,(H,24,27). The molecule has 1 N–H and O–H groups in total. The van der Waals surface area contributed by atoms with Gasteiger partial charge in [0.1, 0.15) is 5.65 Å². The SMILES string of the molecule is Cc1cn(CCCN(C)C)c2ncc(C(=O)Nc3ccc(Cl)cc3)c(Cl)c12.